The summed E-state index contributed by atoms with van der Waals surface area (Å²) < 4.78 is 21.9. The Kier molecular flexibility index (Phi) is 9.05. The van der Waals surface area contributed by atoms with Crippen LogP contribution in [0.1, 0.15) is 69.3 Å². The molecular formula is C26H39NO7. The van der Waals surface area contributed by atoms with Crippen molar-refractivity contribution < 1.29 is 33.6 Å². The largest absolute Gasteiger partial charge is 0.493 e. The Morgan fingerprint density at radius 3 is 2.18 bits per heavy atom. The number of ether oxygens (including phenoxy) is 4. The zero-order chi connectivity index (χ0) is 24.7. The highest BCUT2D eigenvalue weighted by molar-refractivity contribution is 5.91. The van der Waals surface area contributed by atoms with Crippen molar-refractivity contribution in [3.05, 3.63) is 17.7 Å². The summed E-state index contributed by atoms with van der Waals surface area (Å²) in [5.41, 5.74) is -0.471. The van der Waals surface area contributed by atoms with Gasteiger partial charge < -0.3 is 29.0 Å². The van der Waals surface area contributed by atoms with Crippen LogP contribution in [-0.4, -0.2) is 69.0 Å². The standard InChI is InChI=1S/C26H39NO7/c1-31-15-13-26(25(29)30)12-8-9-14-27(26)24(28)22(18-10-6-5-7-11-18)19-16-20(32-2)23(34-4)21(17-19)33-3/h16-18,22H,5-15H2,1-4H3,(H,29,30)/t22-,26-/m0/s1. The smallest absolute Gasteiger partial charge is 0.329 e. The van der Waals surface area contributed by atoms with Gasteiger partial charge in [0.25, 0.3) is 0 Å². The molecule has 2 fully saturated rings. The SMILES string of the molecule is COCC[C@]1(C(=O)O)CCCCN1C(=O)[C@H](c1cc(OC)c(OC)c(OC)c1)C1CCCCC1. The molecule has 190 valence electrons. The van der Waals surface area contributed by atoms with E-state index in [0.29, 0.717) is 30.2 Å². The second kappa shape index (κ2) is 11.8. The topological polar surface area (TPSA) is 94.5 Å². The van der Waals surface area contributed by atoms with Crippen LogP contribution in [0.5, 0.6) is 17.2 Å². The molecule has 2 aliphatic rings. The van der Waals surface area contributed by atoms with Crippen molar-refractivity contribution in [1.29, 1.82) is 0 Å². The summed E-state index contributed by atoms with van der Waals surface area (Å²) in [5.74, 6) is 0.0278. The number of likely N-dealkylation sites (tertiary alicyclic amines) is 1. The molecule has 1 aromatic carbocycles. The number of piperidine rings is 1. The number of rotatable bonds is 10. The first-order valence-corrected chi connectivity index (χ1v) is 12.3. The van der Waals surface area contributed by atoms with E-state index < -0.39 is 17.4 Å². The van der Waals surface area contributed by atoms with Gasteiger partial charge in [0.1, 0.15) is 5.54 Å². The maximum atomic E-state index is 14.3. The fourth-order valence-electron chi connectivity index (χ4n) is 5.75. The lowest BCUT2D eigenvalue weighted by Gasteiger charge is -2.46. The first kappa shape index (κ1) is 26.1. The van der Waals surface area contributed by atoms with Crippen LogP contribution in [0.4, 0.5) is 0 Å². The van der Waals surface area contributed by atoms with Crippen LogP contribution in [0, 0.1) is 5.92 Å². The third-order valence-corrected chi connectivity index (χ3v) is 7.56. The van der Waals surface area contributed by atoms with E-state index >= 15 is 0 Å². The van der Waals surface area contributed by atoms with Gasteiger partial charge in [-0.3, -0.25) is 4.79 Å². The minimum atomic E-state index is -1.25. The molecular weight excluding hydrogens is 438 g/mol. The molecule has 3 rings (SSSR count). The molecule has 1 N–H and O–H groups in total. The lowest BCUT2D eigenvalue weighted by atomic mass is 9.74. The van der Waals surface area contributed by atoms with Gasteiger partial charge in [-0.15, -0.1) is 0 Å². The van der Waals surface area contributed by atoms with Crippen molar-refractivity contribution in [2.45, 2.75) is 69.2 Å². The van der Waals surface area contributed by atoms with E-state index in [4.69, 9.17) is 18.9 Å². The van der Waals surface area contributed by atoms with Gasteiger partial charge in [0.15, 0.2) is 11.5 Å². The number of hydrogen-bond donors (Lipinski definition) is 1. The van der Waals surface area contributed by atoms with Gasteiger partial charge in [0.2, 0.25) is 11.7 Å². The fraction of sp³-hybridized carbons (Fsp3) is 0.692. The van der Waals surface area contributed by atoms with E-state index in [0.717, 1.165) is 50.5 Å². The molecule has 1 heterocycles. The number of methoxy groups -OCH3 is 4. The van der Waals surface area contributed by atoms with Gasteiger partial charge in [-0.1, -0.05) is 19.3 Å². The second-order valence-electron chi connectivity index (χ2n) is 9.36. The Bertz CT molecular complexity index is 827. The normalized spacial score (nSPS) is 22.2. The van der Waals surface area contributed by atoms with Gasteiger partial charge in [-0.25, -0.2) is 4.79 Å². The highest BCUT2D eigenvalue weighted by Crippen LogP contribution is 2.46. The number of amides is 1. The summed E-state index contributed by atoms with van der Waals surface area (Å²) >= 11 is 0. The first-order valence-electron chi connectivity index (χ1n) is 12.3. The van der Waals surface area contributed by atoms with Gasteiger partial charge in [-0.2, -0.15) is 0 Å². The monoisotopic (exact) mass is 477 g/mol. The van der Waals surface area contributed by atoms with E-state index in [1.807, 2.05) is 12.1 Å². The van der Waals surface area contributed by atoms with Gasteiger partial charge in [-0.05, 0) is 55.7 Å². The lowest BCUT2D eigenvalue weighted by Crippen LogP contribution is -2.61. The third kappa shape index (κ3) is 5.11. The quantitative estimate of drug-likeness (QED) is 0.538. The number of benzene rings is 1. The number of aliphatic carboxylic acids is 1. The van der Waals surface area contributed by atoms with Crippen LogP contribution in [-0.2, 0) is 14.3 Å². The van der Waals surface area contributed by atoms with Crippen LogP contribution in [0.3, 0.4) is 0 Å². The Labute approximate surface area is 202 Å². The third-order valence-electron chi connectivity index (χ3n) is 7.56. The zero-order valence-electron chi connectivity index (χ0n) is 20.9. The van der Waals surface area contributed by atoms with Crippen LogP contribution >= 0.6 is 0 Å². The molecule has 1 aliphatic heterocycles. The molecule has 0 bridgehead atoms. The van der Waals surface area contributed by atoms with Crippen molar-refractivity contribution in [2.24, 2.45) is 5.92 Å². The molecule has 0 aromatic heterocycles. The molecule has 1 saturated heterocycles. The number of carbonyl (C=O) groups is 2. The molecule has 8 heteroatoms. The Morgan fingerprint density at radius 2 is 1.65 bits per heavy atom. The maximum Gasteiger partial charge on any atom is 0.329 e. The van der Waals surface area contributed by atoms with Gasteiger partial charge >= 0.3 is 5.97 Å². The van der Waals surface area contributed by atoms with E-state index in [1.165, 1.54) is 0 Å². The Hall–Kier alpha value is -2.48. The minimum absolute atomic E-state index is 0.125. The van der Waals surface area contributed by atoms with Crippen molar-refractivity contribution in [3.8, 4) is 17.2 Å². The Morgan fingerprint density at radius 1 is 1.00 bits per heavy atom. The predicted molar refractivity (Wildman–Crippen MR) is 128 cm³/mol. The summed E-state index contributed by atoms with van der Waals surface area (Å²) in [4.78, 5) is 28.6. The number of carbonyl (C=O) groups excluding carboxylic acids is 1. The van der Waals surface area contributed by atoms with Gasteiger partial charge in [0, 0.05) is 26.7 Å². The summed E-state index contributed by atoms with van der Waals surface area (Å²) in [7, 11) is 6.23. The number of hydrogen-bond acceptors (Lipinski definition) is 6. The maximum absolute atomic E-state index is 14.3. The summed E-state index contributed by atoms with van der Waals surface area (Å²) in [6.07, 6.45) is 7.42. The highest BCUT2D eigenvalue weighted by atomic mass is 16.5. The molecule has 0 spiro atoms. The number of carboxylic acids is 1. The zero-order valence-corrected chi connectivity index (χ0v) is 20.9. The second-order valence-corrected chi connectivity index (χ2v) is 9.36. The van der Waals surface area contributed by atoms with Crippen LogP contribution in [0.25, 0.3) is 0 Å². The van der Waals surface area contributed by atoms with Crippen LogP contribution in [0.2, 0.25) is 0 Å². The minimum Gasteiger partial charge on any atom is -0.493 e. The summed E-state index contributed by atoms with van der Waals surface area (Å²) in [5, 5.41) is 10.3. The Balaban J connectivity index is 2.10. The van der Waals surface area contributed by atoms with E-state index in [1.54, 1.807) is 33.3 Å². The van der Waals surface area contributed by atoms with Crippen molar-refractivity contribution in [2.75, 3.05) is 41.6 Å². The molecule has 0 unspecified atom stereocenters. The molecule has 1 saturated carbocycles. The summed E-state index contributed by atoms with van der Waals surface area (Å²) in [6.45, 7) is 0.719. The summed E-state index contributed by atoms with van der Waals surface area (Å²) in [6, 6.07) is 3.69. The van der Waals surface area contributed by atoms with Crippen LogP contribution < -0.4 is 14.2 Å². The van der Waals surface area contributed by atoms with E-state index in [2.05, 4.69) is 0 Å². The molecule has 0 radical (unpaired) electrons. The molecule has 2 atom stereocenters. The van der Waals surface area contributed by atoms with Crippen molar-refractivity contribution in [3.63, 3.8) is 0 Å². The van der Waals surface area contributed by atoms with E-state index in [-0.39, 0.29) is 24.9 Å². The first-order chi connectivity index (χ1) is 16.4. The molecule has 8 nitrogen and oxygen atoms in total. The lowest BCUT2D eigenvalue weighted by molar-refractivity contribution is -0.165. The predicted octanol–water partition coefficient (Wildman–Crippen LogP) is 4.25. The molecule has 1 aromatic rings. The fourth-order valence-corrected chi connectivity index (χ4v) is 5.75. The van der Waals surface area contributed by atoms with Gasteiger partial charge in [0.05, 0.1) is 27.2 Å². The number of nitrogens with zero attached hydrogens (tertiary/aromatic N) is 1. The average Bonchev–Trinajstić information content (AvgIpc) is 2.87. The van der Waals surface area contributed by atoms with Crippen molar-refractivity contribution in [1.82, 2.24) is 4.90 Å². The molecule has 34 heavy (non-hydrogen) atoms. The number of carboxylic acid groups (broad SMARTS) is 1. The van der Waals surface area contributed by atoms with Crippen molar-refractivity contribution >= 4 is 11.9 Å². The molecule has 1 aliphatic carbocycles. The van der Waals surface area contributed by atoms with E-state index in [9.17, 15) is 14.7 Å². The average molecular weight is 478 g/mol. The van der Waals surface area contributed by atoms with Crippen LogP contribution in [0.15, 0.2) is 12.1 Å². The molecule has 1 amide bonds. The highest BCUT2D eigenvalue weighted by Gasteiger charge is 2.50.